The summed E-state index contributed by atoms with van der Waals surface area (Å²) in [7, 11) is 0. The van der Waals surface area contributed by atoms with E-state index in [-0.39, 0.29) is 5.56 Å². The highest BCUT2D eigenvalue weighted by molar-refractivity contribution is 7.99. The van der Waals surface area contributed by atoms with Crippen LogP contribution in [0.1, 0.15) is 25.0 Å². The summed E-state index contributed by atoms with van der Waals surface area (Å²) in [5.74, 6) is 0. The summed E-state index contributed by atoms with van der Waals surface area (Å²) in [5.41, 5.74) is -1.80. The third-order valence-electron chi connectivity index (χ3n) is 3.55. The average molecular weight is 326 g/mol. The maximum absolute atomic E-state index is 12.8. The fourth-order valence-electron chi connectivity index (χ4n) is 2.03. The fourth-order valence-corrected chi connectivity index (χ4v) is 3.05. The molecule has 0 saturated carbocycles. The zero-order chi connectivity index (χ0) is 16.4. The second-order valence-corrected chi connectivity index (χ2v) is 6.27. The number of hydrogen-bond donors (Lipinski definition) is 1. The molecule has 0 bridgehead atoms. The highest BCUT2D eigenvalue weighted by atomic mass is 32.2. The Balaban J connectivity index is 2.23. The van der Waals surface area contributed by atoms with Crippen molar-refractivity contribution in [3.8, 4) is 0 Å². The summed E-state index contributed by atoms with van der Waals surface area (Å²) >= 11 is 1.50. The van der Waals surface area contributed by atoms with Gasteiger partial charge < -0.3 is 5.11 Å². The summed E-state index contributed by atoms with van der Waals surface area (Å²) in [5, 5.41) is 9.65. The maximum atomic E-state index is 12.8. The molecule has 1 nitrogen and oxygen atoms in total. The number of aryl methyl sites for hydroxylation is 1. The van der Waals surface area contributed by atoms with Gasteiger partial charge >= 0.3 is 6.18 Å². The smallest absolute Gasteiger partial charge is 0.376 e. The summed E-state index contributed by atoms with van der Waals surface area (Å²) < 4.78 is 38.4. The van der Waals surface area contributed by atoms with Gasteiger partial charge in [-0.2, -0.15) is 13.2 Å². The van der Waals surface area contributed by atoms with Crippen LogP contribution < -0.4 is 0 Å². The molecule has 0 aliphatic rings. The molecule has 0 amide bonds. The Morgan fingerprint density at radius 3 is 2.14 bits per heavy atom. The van der Waals surface area contributed by atoms with Gasteiger partial charge in [-0.05, 0) is 42.7 Å². The Labute approximate surface area is 132 Å². The minimum absolute atomic E-state index is 0.159. The van der Waals surface area contributed by atoms with Gasteiger partial charge in [0.2, 0.25) is 0 Å². The topological polar surface area (TPSA) is 20.2 Å². The van der Waals surface area contributed by atoms with Crippen molar-refractivity contribution in [3.05, 3.63) is 59.7 Å². The maximum Gasteiger partial charge on any atom is 0.421 e. The molecule has 2 aromatic carbocycles. The number of aliphatic hydroxyl groups is 1. The number of benzene rings is 2. The van der Waals surface area contributed by atoms with E-state index in [1.807, 2.05) is 24.3 Å². The van der Waals surface area contributed by atoms with E-state index in [9.17, 15) is 18.3 Å². The summed E-state index contributed by atoms with van der Waals surface area (Å²) in [6.07, 6.45) is -3.81. The highest BCUT2D eigenvalue weighted by Gasteiger charge is 2.51. The van der Waals surface area contributed by atoms with Gasteiger partial charge in [-0.15, -0.1) is 0 Å². The Hall–Kier alpha value is -1.46. The first-order valence-corrected chi connectivity index (χ1v) is 7.72. The average Bonchev–Trinajstić information content (AvgIpc) is 2.47. The van der Waals surface area contributed by atoms with Crippen LogP contribution in [0.3, 0.4) is 0 Å². The van der Waals surface area contributed by atoms with Crippen molar-refractivity contribution >= 4 is 11.8 Å². The summed E-state index contributed by atoms with van der Waals surface area (Å²) in [6, 6.07) is 13.8. The van der Waals surface area contributed by atoms with Crippen molar-refractivity contribution in [2.24, 2.45) is 0 Å². The van der Waals surface area contributed by atoms with E-state index in [1.54, 1.807) is 12.1 Å². The van der Waals surface area contributed by atoms with E-state index in [0.717, 1.165) is 23.1 Å². The Morgan fingerprint density at radius 2 is 1.59 bits per heavy atom. The number of alkyl halides is 3. The molecular weight excluding hydrogens is 309 g/mol. The molecule has 0 heterocycles. The lowest BCUT2D eigenvalue weighted by molar-refractivity contribution is -0.258. The molecule has 5 heteroatoms. The molecule has 0 unspecified atom stereocenters. The number of hydrogen-bond acceptors (Lipinski definition) is 2. The van der Waals surface area contributed by atoms with Gasteiger partial charge in [0.1, 0.15) is 0 Å². The predicted molar refractivity (Wildman–Crippen MR) is 82.0 cm³/mol. The molecule has 1 N–H and O–H groups in total. The first-order valence-electron chi connectivity index (χ1n) is 6.91. The lowest BCUT2D eigenvalue weighted by atomic mass is 9.96. The molecule has 22 heavy (non-hydrogen) atoms. The standard InChI is InChI=1S/C17H17F3OS/c1-3-12-6-4-5-7-15(12)22-14-10-8-13(9-11-14)16(2,21)17(18,19)20/h4-11,21H,3H2,1-2H3/t16-/m0/s1. The van der Waals surface area contributed by atoms with E-state index in [1.165, 1.54) is 29.5 Å². The Morgan fingerprint density at radius 1 is 1.00 bits per heavy atom. The zero-order valence-electron chi connectivity index (χ0n) is 12.3. The first-order chi connectivity index (χ1) is 10.3. The van der Waals surface area contributed by atoms with E-state index in [4.69, 9.17) is 0 Å². The van der Waals surface area contributed by atoms with Crippen LogP contribution in [0.25, 0.3) is 0 Å². The lowest BCUT2D eigenvalue weighted by Gasteiger charge is -2.26. The van der Waals surface area contributed by atoms with Crippen molar-refractivity contribution in [2.75, 3.05) is 0 Å². The molecule has 0 spiro atoms. The third-order valence-corrected chi connectivity index (χ3v) is 4.68. The fraction of sp³-hybridized carbons (Fsp3) is 0.294. The molecule has 2 rings (SSSR count). The van der Waals surface area contributed by atoms with Gasteiger partial charge in [0.25, 0.3) is 0 Å². The first kappa shape index (κ1) is 16.9. The van der Waals surface area contributed by atoms with Crippen LogP contribution >= 0.6 is 11.8 Å². The minimum atomic E-state index is -4.70. The minimum Gasteiger partial charge on any atom is -0.376 e. The van der Waals surface area contributed by atoms with Gasteiger partial charge in [0, 0.05) is 9.79 Å². The number of rotatable bonds is 4. The van der Waals surface area contributed by atoms with Crippen molar-refractivity contribution in [1.82, 2.24) is 0 Å². The molecule has 0 radical (unpaired) electrons. The van der Waals surface area contributed by atoms with Crippen LogP contribution in [0.5, 0.6) is 0 Å². The summed E-state index contributed by atoms with van der Waals surface area (Å²) in [4.78, 5) is 1.92. The monoisotopic (exact) mass is 326 g/mol. The van der Waals surface area contributed by atoms with Crippen LogP contribution in [-0.4, -0.2) is 11.3 Å². The largest absolute Gasteiger partial charge is 0.421 e. The molecule has 0 aromatic heterocycles. The van der Waals surface area contributed by atoms with E-state index >= 15 is 0 Å². The van der Waals surface area contributed by atoms with Crippen LogP contribution in [0.15, 0.2) is 58.3 Å². The number of halogens is 3. The second kappa shape index (κ2) is 6.34. The Bertz CT molecular complexity index is 633. The molecule has 2 aromatic rings. The van der Waals surface area contributed by atoms with Crippen LogP contribution in [-0.2, 0) is 12.0 Å². The molecule has 0 fully saturated rings. The quantitative estimate of drug-likeness (QED) is 0.836. The van der Waals surface area contributed by atoms with Gasteiger partial charge in [0.05, 0.1) is 0 Å². The normalized spacial score (nSPS) is 14.6. The molecule has 0 aliphatic heterocycles. The molecule has 0 saturated heterocycles. The van der Waals surface area contributed by atoms with Crippen molar-refractivity contribution in [3.63, 3.8) is 0 Å². The molecule has 118 valence electrons. The van der Waals surface area contributed by atoms with Crippen LogP contribution in [0, 0.1) is 0 Å². The molecule has 0 aliphatic carbocycles. The van der Waals surface area contributed by atoms with E-state index in [2.05, 4.69) is 6.92 Å². The van der Waals surface area contributed by atoms with E-state index in [0.29, 0.717) is 0 Å². The van der Waals surface area contributed by atoms with Gasteiger partial charge in [-0.1, -0.05) is 49.0 Å². The second-order valence-electron chi connectivity index (χ2n) is 5.16. The van der Waals surface area contributed by atoms with Crippen LogP contribution in [0.2, 0.25) is 0 Å². The molecular formula is C17H17F3OS. The van der Waals surface area contributed by atoms with E-state index < -0.39 is 11.8 Å². The van der Waals surface area contributed by atoms with Crippen molar-refractivity contribution in [2.45, 2.75) is 41.8 Å². The highest BCUT2D eigenvalue weighted by Crippen LogP contribution is 2.39. The van der Waals surface area contributed by atoms with Gasteiger partial charge in [0.15, 0.2) is 5.60 Å². The molecule has 1 atom stereocenters. The van der Waals surface area contributed by atoms with Crippen molar-refractivity contribution < 1.29 is 18.3 Å². The third kappa shape index (κ3) is 3.47. The predicted octanol–water partition coefficient (Wildman–Crippen LogP) is 5.17. The van der Waals surface area contributed by atoms with Crippen molar-refractivity contribution in [1.29, 1.82) is 0 Å². The lowest BCUT2D eigenvalue weighted by Crippen LogP contribution is -2.39. The Kier molecular flexibility index (Phi) is 4.87. The van der Waals surface area contributed by atoms with Gasteiger partial charge in [-0.25, -0.2) is 0 Å². The zero-order valence-corrected chi connectivity index (χ0v) is 13.1. The van der Waals surface area contributed by atoms with Gasteiger partial charge in [-0.3, -0.25) is 0 Å². The SMILES string of the molecule is CCc1ccccc1Sc1ccc([C@](C)(O)C(F)(F)F)cc1. The summed E-state index contributed by atoms with van der Waals surface area (Å²) in [6.45, 7) is 2.82. The van der Waals surface area contributed by atoms with Crippen LogP contribution in [0.4, 0.5) is 13.2 Å².